The zero-order valence-corrected chi connectivity index (χ0v) is 12.9. The summed E-state index contributed by atoms with van der Waals surface area (Å²) in [6.45, 7) is 0. The molecule has 104 valence electrons. The van der Waals surface area contributed by atoms with Gasteiger partial charge in [-0.3, -0.25) is 9.48 Å². The largest absolute Gasteiger partial charge is 0.323 e. The number of aromatic nitrogens is 2. The summed E-state index contributed by atoms with van der Waals surface area (Å²) in [4.78, 5) is 12.7. The van der Waals surface area contributed by atoms with Crippen molar-refractivity contribution in [2.75, 3.05) is 5.32 Å². The predicted octanol–water partition coefficient (Wildman–Crippen LogP) is 3.24. The van der Waals surface area contributed by atoms with Gasteiger partial charge in [0.1, 0.15) is 0 Å². The van der Waals surface area contributed by atoms with E-state index >= 15 is 0 Å². The number of hydrogen-bond acceptors (Lipinski definition) is 2. The van der Waals surface area contributed by atoms with Crippen molar-refractivity contribution in [3.63, 3.8) is 0 Å². The molecule has 0 spiro atoms. The quantitative estimate of drug-likeness (QED) is 0.937. The Morgan fingerprint density at radius 2 is 2.05 bits per heavy atom. The molecule has 1 N–H and O–H groups in total. The molecule has 3 rings (SSSR count). The summed E-state index contributed by atoms with van der Waals surface area (Å²) in [6.07, 6.45) is 6.38. The van der Waals surface area contributed by atoms with Gasteiger partial charge in [0.2, 0.25) is 5.91 Å². The number of hydrogen-bond donors (Lipinski definition) is 1. The van der Waals surface area contributed by atoms with E-state index in [-0.39, 0.29) is 11.3 Å². The van der Waals surface area contributed by atoms with Crippen molar-refractivity contribution in [1.29, 1.82) is 0 Å². The second-order valence-electron chi connectivity index (χ2n) is 5.30. The van der Waals surface area contributed by atoms with Crippen molar-refractivity contribution < 1.29 is 4.79 Å². The topological polar surface area (TPSA) is 46.9 Å². The molecule has 1 aliphatic carbocycles. The van der Waals surface area contributed by atoms with Gasteiger partial charge >= 0.3 is 0 Å². The van der Waals surface area contributed by atoms with Crippen LogP contribution in [0.15, 0.2) is 41.1 Å². The Morgan fingerprint density at radius 1 is 1.35 bits per heavy atom. The van der Waals surface area contributed by atoms with Gasteiger partial charge in [-0.1, -0.05) is 34.5 Å². The van der Waals surface area contributed by atoms with E-state index in [2.05, 4.69) is 26.3 Å². The molecule has 1 aliphatic rings. The highest BCUT2D eigenvalue weighted by Crippen LogP contribution is 2.44. The van der Waals surface area contributed by atoms with Gasteiger partial charge in [-0.05, 0) is 30.5 Å². The van der Waals surface area contributed by atoms with E-state index in [1.54, 1.807) is 10.9 Å². The Balaban J connectivity index is 1.85. The maximum atomic E-state index is 12.7. The summed E-state index contributed by atoms with van der Waals surface area (Å²) < 4.78 is 2.71. The standard InChI is InChI=1S/C15H16BrN3O/c1-19-10-13(9-17-19)18-14(20)15(7-2-8-15)11-3-5-12(16)6-4-11/h3-6,9-10H,2,7-8H2,1H3,(H,18,20). The van der Waals surface area contributed by atoms with E-state index in [1.807, 2.05) is 37.5 Å². The van der Waals surface area contributed by atoms with Crippen molar-refractivity contribution >= 4 is 27.5 Å². The van der Waals surface area contributed by atoms with Crippen LogP contribution in [0.1, 0.15) is 24.8 Å². The lowest BCUT2D eigenvalue weighted by molar-refractivity contribution is -0.124. The summed E-state index contributed by atoms with van der Waals surface area (Å²) in [5.74, 6) is 0.0686. The molecule has 1 saturated carbocycles. The Kier molecular flexibility index (Phi) is 3.38. The Morgan fingerprint density at radius 3 is 2.55 bits per heavy atom. The van der Waals surface area contributed by atoms with Crippen molar-refractivity contribution in [3.8, 4) is 0 Å². The molecule has 1 aromatic heterocycles. The van der Waals surface area contributed by atoms with Crippen LogP contribution in [0, 0.1) is 0 Å². The van der Waals surface area contributed by atoms with Crippen LogP contribution in [-0.2, 0) is 17.3 Å². The van der Waals surface area contributed by atoms with Crippen molar-refractivity contribution in [1.82, 2.24) is 9.78 Å². The number of halogens is 1. The van der Waals surface area contributed by atoms with Crippen LogP contribution >= 0.6 is 15.9 Å². The van der Waals surface area contributed by atoms with Crippen LogP contribution in [0.5, 0.6) is 0 Å². The molecule has 1 heterocycles. The number of amides is 1. The number of nitrogens with one attached hydrogen (secondary N) is 1. The first-order chi connectivity index (χ1) is 9.60. The first kappa shape index (κ1) is 13.4. The second kappa shape index (κ2) is 5.05. The number of carbonyl (C=O) groups is 1. The Hall–Kier alpha value is -1.62. The first-order valence-corrected chi connectivity index (χ1v) is 7.46. The normalized spacial score (nSPS) is 16.5. The SMILES string of the molecule is Cn1cc(NC(=O)C2(c3ccc(Br)cc3)CCC2)cn1. The number of anilines is 1. The average Bonchev–Trinajstić information content (AvgIpc) is 2.76. The summed E-state index contributed by atoms with van der Waals surface area (Å²) >= 11 is 3.43. The highest BCUT2D eigenvalue weighted by atomic mass is 79.9. The Labute approximate surface area is 126 Å². The molecule has 20 heavy (non-hydrogen) atoms. The van der Waals surface area contributed by atoms with E-state index < -0.39 is 0 Å². The van der Waals surface area contributed by atoms with Crippen LogP contribution in [0.25, 0.3) is 0 Å². The molecule has 1 fully saturated rings. The van der Waals surface area contributed by atoms with Gasteiger partial charge in [0.05, 0.1) is 17.3 Å². The zero-order valence-electron chi connectivity index (χ0n) is 11.3. The molecule has 0 saturated heterocycles. The first-order valence-electron chi connectivity index (χ1n) is 6.66. The minimum Gasteiger partial charge on any atom is -0.323 e. The molecule has 0 unspecified atom stereocenters. The van der Waals surface area contributed by atoms with Gasteiger partial charge < -0.3 is 5.32 Å². The van der Waals surface area contributed by atoms with E-state index in [9.17, 15) is 4.79 Å². The molecule has 0 aliphatic heterocycles. The average molecular weight is 334 g/mol. The lowest BCUT2D eigenvalue weighted by Gasteiger charge is -2.40. The molecule has 4 nitrogen and oxygen atoms in total. The van der Waals surface area contributed by atoms with Crippen LogP contribution < -0.4 is 5.32 Å². The Bertz CT molecular complexity index is 629. The third-order valence-electron chi connectivity index (χ3n) is 4.00. The lowest BCUT2D eigenvalue weighted by Crippen LogP contribution is -2.45. The molecular formula is C15H16BrN3O. The van der Waals surface area contributed by atoms with E-state index in [4.69, 9.17) is 0 Å². The molecule has 0 bridgehead atoms. The fourth-order valence-corrected chi connectivity index (χ4v) is 2.95. The molecule has 0 radical (unpaired) electrons. The van der Waals surface area contributed by atoms with Crippen molar-refractivity contribution in [3.05, 3.63) is 46.7 Å². The number of nitrogens with zero attached hydrogens (tertiary/aromatic N) is 2. The van der Waals surface area contributed by atoms with Crippen molar-refractivity contribution in [2.45, 2.75) is 24.7 Å². The third kappa shape index (κ3) is 2.26. The van der Waals surface area contributed by atoms with Crippen LogP contribution in [-0.4, -0.2) is 15.7 Å². The highest BCUT2D eigenvalue weighted by molar-refractivity contribution is 9.10. The van der Waals surface area contributed by atoms with Gasteiger partial charge in [-0.25, -0.2) is 0 Å². The van der Waals surface area contributed by atoms with Crippen LogP contribution in [0.4, 0.5) is 5.69 Å². The molecular weight excluding hydrogens is 318 g/mol. The minimum absolute atomic E-state index is 0.0686. The van der Waals surface area contributed by atoms with Crippen molar-refractivity contribution in [2.24, 2.45) is 7.05 Å². The predicted molar refractivity (Wildman–Crippen MR) is 81.5 cm³/mol. The summed E-state index contributed by atoms with van der Waals surface area (Å²) in [6, 6.07) is 8.05. The molecule has 5 heteroatoms. The van der Waals surface area contributed by atoms with Gasteiger partial charge in [0.15, 0.2) is 0 Å². The minimum atomic E-state index is -0.378. The monoisotopic (exact) mass is 333 g/mol. The second-order valence-corrected chi connectivity index (χ2v) is 6.22. The third-order valence-corrected chi connectivity index (χ3v) is 4.53. The van der Waals surface area contributed by atoms with Gasteiger partial charge in [-0.15, -0.1) is 0 Å². The number of aryl methyl sites for hydroxylation is 1. The molecule has 1 amide bonds. The summed E-state index contributed by atoms with van der Waals surface area (Å²) in [5, 5.41) is 7.06. The number of benzene rings is 1. The fraction of sp³-hybridized carbons (Fsp3) is 0.333. The van der Waals surface area contributed by atoms with Crippen LogP contribution in [0.2, 0.25) is 0 Å². The maximum Gasteiger partial charge on any atom is 0.235 e. The summed E-state index contributed by atoms with van der Waals surface area (Å²) in [7, 11) is 1.84. The lowest BCUT2D eigenvalue weighted by atomic mass is 9.64. The molecule has 2 aromatic rings. The highest BCUT2D eigenvalue weighted by Gasteiger charge is 2.45. The van der Waals surface area contributed by atoms with Gasteiger partial charge in [0, 0.05) is 17.7 Å². The summed E-state index contributed by atoms with van der Waals surface area (Å²) in [5.41, 5.74) is 1.46. The fourth-order valence-electron chi connectivity index (χ4n) is 2.68. The number of rotatable bonds is 3. The zero-order chi connectivity index (χ0) is 14.2. The molecule has 1 aromatic carbocycles. The maximum absolute atomic E-state index is 12.7. The smallest absolute Gasteiger partial charge is 0.235 e. The molecule has 0 atom stereocenters. The van der Waals surface area contributed by atoms with Gasteiger partial charge in [0.25, 0.3) is 0 Å². The van der Waals surface area contributed by atoms with E-state index in [0.29, 0.717) is 0 Å². The van der Waals surface area contributed by atoms with Gasteiger partial charge in [-0.2, -0.15) is 5.10 Å². The number of carbonyl (C=O) groups excluding carboxylic acids is 1. The van der Waals surface area contributed by atoms with Crippen LogP contribution in [0.3, 0.4) is 0 Å². The van der Waals surface area contributed by atoms with E-state index in [1.165, 1.54) is 0 Å². The van der Waals surface area contributed by atoms with E-state index in [0.717, 1.165) is 35.0 Å².